The van der Waals surface area contributed by atoms with Crippen LogP contribution in [0.1, 0.15) is 49.0 Å². The number of hydrogen-bond acceptors (Lipinski definition) is 5. The summed E-state index contributed by atoms with van der Waals surface area (Å²) in [5, 5.41) is 3.91. The Bertz CT molecular complexity index is 608. The molecule has 2 aromatic rings. The van der Waals surface area contributed by atoms with Gasteiger partial charge in [0, 0.05) is 17.5 Å². The second kappa shape index (κ2) is 5.20. The molecule has 6 heteroatoms. The quantitative estimate of drug-likeness (QED) is 0.909. The van der Waals surface area contributed by atoms with Crippen LogP contribution in [0.5, 0.6) is 5.75 Å². The highest BCUT2D eigenvalue weighted by Crippen LogP contribution is 2.38. The molecule has 1 aromatic heterocycles. The SMILES string of the molecule is CC(N)c1cc(F)ccc1OCc1nc(C2CC2)no1. The van der Waals surface area contributed by atoms with Crippen molar-refractivity contribution in [3.05, 3.63) is 41.3 Å². The molecule has 1 aromatic carbocycles. The van der Waals surface area contributed by atoms with Gasteiger partial charge in [-0.15, -0.1) is 0 Å². The van der Waals surface area contributed by atoms with E-state index in [4.69, 9.17) is 15.0 Å². The largest absolute Gasteiger partial charge is 0.483 e. The number of benzene rings is 1. The fraction of sp³-hybridized carbons (Fsp3) is 0.429. The predicted octanol–water partition coefficient (Wildman–Crippen LogP) is 2.68. The Balaban J connectivity index is 1.70. The molecule has 1 aliphatic rings. The third-order valence-corrected chi connectivity index (χ3v) is 3.24. The molecule has 1 fully saturated rings. The maximum Gasteiger partial charge on any atom is 0.264 e. The number of nitrogens with zero attached hydrogens (tertiary/aromatic N) is 2. The summed E-state index contributed by atoms with van der Waals surface area (Å²) < 4.78 is 23.9. The minimum Gasteiger partial charge on any atom is -0.483 e. The van der Waals surface area contributed by atoms with E-state index in [1.165, 1.54) is 12.1 Å². The van der Waals surface area contributed by atoms with Crippen LogP contribution in [0.4, 0.5) is 4.39 Å². The summed E-state index contributed by atoms with van der Waals surface area (Å²) in [6.07, 6.45) is 2.24. The Kier molecular flexibility index (Phi) is 3.40. The highest BCUT2D eigenvalue weighted by Gasteiger charge is 2.28. The third kappa shape index (κ3) is 2.80. The van der Waals surface area contributed by atoms with Gasteiger partial charge in [0.25, 0.3) is 5.89 Å². The summed E-state index contributed by atoms with van der Waals surface area (Å²) in [5.74, 6) is 1.81. The zero-order valence-corrected chi connectivity index (χ0v) is 11.2. The molecule has 3 rings (SSSR count). The number of nitrogens with two attached hydrogens (primary N) is 1. The van der Waals surface area contributed by atoms with E-state index >= 15 is 0 Å². The van der Waals surface area contributed by atoms with Crippen LogP contribution in [0.25, 0.3) is 0 Å². The molecule has 0 saturated heterocycles. The lowest BCUT2D eigenvalue weighted by atomic mass is 10.1. The first kappa shape index (κ1) is 13.1. The Labute approximate surface area is 115 Å². The smallest absolute Gasteiger partial charge is 0.264 e. The van der Waals surface area contributed by atoms with Crippen molar-refractivity contribution in [2.45, 2.75) is 38.3 Å². The molecule has 2 N–H and O–H groups in total. The first-order chi connectivity index (χ1) is 9.63. The van der Waals surface area contributed by atoms with E-state index in [2.05, 4.69) is 10.1 Å². The topological polar surface area (TPSA) is 74.2 Å². The Morgan fingerprint density at radius 1 is 1.50 bits per heavy atom. The molecule has 0 amide bonds. The van der Waals surface area contributed by atoms with Gasteiger partial charge in [-0.3, -0.25) is 0 Å². The van der Waals surface area contributed by atoms with Gasteiger partial charge in [0.05, 0.1) is 0 Å². The minimum atomic E-state index is -0.335. The van der Waals surface area contributed by atoms with Crippen molar-refractivity contribution in [3.8, 4) is 5.75 Å². The summed E-state index contributed by atoms with van der Waals surface area (Å²) in [4.78, 5) is 4.27. The molecule has 0 spiro atoms. The van der Waals surface area contributed by atoms with Gasteiger partial charge in [0.1, 0.15) is 11.6 Å². The molecule has 0 aliphatic heterocycles. The van der Waals surface area contributed by atoms with Gasteiger partial charge in [-0.05, 0) is 38.0 Å². The van der Waals surface area contributed by atoms with Crippen LogP contribution < -0.4 is 10.5 Å². The van der Waals surface area contributed by atoms with Gasteiger partial charge in [-0.1, -0.05) is 5.16 Å². The highest BCUT2D eigenvalue weighted by atomic mass is 19.1. The van der Waals surface area contributed by atoms with Gasteiger partial charge in [-0.25, -0.2) is 4.39 Å². The summed E-state index contributed by atoms with van der Waals surface area (Å²) in [6, 6.07) is 3.96. The first-order valence-corrected chi connectivity index (χ1v) is 6.64. The fourth-order valence-corrected chi connectivity index (χ4v) is 1.98. The monoisotopic (exact) mass is 277 g/mol. The Morgan fingerprint density at radius 2 is 2.30 bits per heavy atom. The number of halogens is 1. The van der Waals surface area contributed by atoms with Crippen molar-refractivity contribution in [2.24, 2.45) is 5.73 Å². The summed E-state index contributed by atoms with van der Waals surface area (Å²) in [6.45, 7) is 1.94. The van der Waals surface area contributed by atoms with E-state index in [1.54, 1.807) is 13.0 Å². The van der Waals surface area contributed by atoms with Gasteiger partial charge in [-0.2, -0.15) is 4.98 Å². The Hall–Kier alpha value is -1.95. The normalized spacial score (nSPS) is 16.1. The molecule has 1 heterocycles. The molecule has 106 valence electrons. The lowest BCUT2D eigenvalue weighted by molar-refractivity contribution is 0.239. The average molecular weight is 277 g/mol. The van der Waals surface area contributed by atoms with Crippen molar-refractivity contribution in [1.29, 1.82) is 0 Å². The Morgan fingerprint density at radius 3 is 3.00 bits per heavy atom. The van der Waals surface area contributed by atoms with Crippen molar-refractivity contribution < 1.29 is 13.7 Å². The van der Waals surface area contributed by atoms with Gasteiger partial charge < -0.3 is 15.0 Å². The van der Waals surface area contributed by atoms with Crippen LogP contribution in [0, 0.1) is 5.82 Å². The van der Waals surface area contributed by atoms with Crippen LogP contribution in [0.15, 0.2) is 22.7 Å². The molecule has 1 atom stereocenters. The summed E-state index contributed by atoms with van der Waals surface area (Å²) >= 11 is 0. The number of rotatable bonds is 5. The molecular weight excluding hydrogens is 261 g/mol. The van der Waals surface area contributed by atoms with Crippen molar-refractivity contribution >= 4 is 0 Å². The fourth-order valence-electron chi connectivity index (χ4n) is 1.98. The lowest BCUT2D eigenvalue weighted by Crippen LogP contribution is -2.08. The van der Waals surface area contributed by atoms with Gasteiger partial charge in [0.15, 0.2) is 12.4 Å². The molecule has 20 heavy (non-hydrogen) atoms. The van der Waals surface area contributed by atoms with E-state index in [1.807, 2.05) is 0 Å². The van der Waals surface area contributed by atoms with Gasteiger partial charge in [0.2, 0.25) is 0 Å². The van der Waals surface area contributed by atoms with E-state index in [0.29, 0.717) is 23.1 Å². The zero-order chi connectivity index (χ0) is 14.1. The number of aromatic nitrogens is 2. The van der Waals surface area contributed by atoms with Crippen LogP contribution in [0.2, 0.25) is 0 Å². The molecule has 5 nitrogen and oxygen atoms in total. The standard InChI is InChI=1S/C14H16FN3O2/c1-8(16)11-6-10(15)4-5-12(11)19-7-13-17-14(18-20-13)9-2-3-9/h4-6,8-9H,2-3,7,16H2,1H3. The lowest BCUT2D eigenvalue weighted by Gasteiger charge is -2.12. The van der Waals surface area contributed by atoms with E-state index in [0.717, 1.165) is 18.7 Å². The molecule has 1 aliphatic carbocycles. The maximum absolute atomic E-state index is 13.2. The molecule has 1 unspecified atom stereocenters. The molecule has 1 saturated carbocycles. The van der Waals surface area contributed by atoms with E-state index in [-0.39, 0.29) is 18.5 Å². The highest BCUT2D eigenvalue weighted by molar-refractivity contribution is 5.36. The molecule has 0 bridgehead atoms. The zero-order valence-electron chi connectivity index (χ0n) is 11.2. The summed E-state index contributed by atoms with van der Waals surface area (Å²) in [7, 11) is 0. The van der Waals surface area contributed by atoms with Crippen molar-refractivity contribution in [1.82, 2.24) is 10.1 Å². The molecular formula is C14H16FN3O2. The minimum absolute atomic E-state index is 0.158. The van der Waals surface area contributed by atoms with Crippen molar-refractivity contribution in [3.63, 3.8) is 0 Å². The van der Waals surface area contributed by atoms with Crippen LogP contribution in [-0.4, -0.2) is 10.1 Å². The van der Waals surface area contributed by atoms with Crippen LogP contribution in [0.3, 0.4) is 0 Å². The van der Waals surface area contributed by atoms with E-state index < -0.39 is 0 Å². The second-order valence-electron chi connectivity index (χ2n) is 5.08. The third-order valence-electron chi connectivity index (χ3n) is 3.24. The second-order valence-corrected chi connectivity index (χ2v) is 5.08. The average Bonchev–Trinajstić information content (AvgIpc) is 3.17. The van der Waals surface area contributed by atoms with Crippen LogP contribution in [-0.2, 0) is 6.61 Å². The first-order valence-electron chi connectivity index (χ1n) is 6.64. The van der Waals surface area contributed by atoms with Crippen molar-refractivity contribution in [2.75, 3.05) is 0 Å². The summed E-state index contributed by atoms with van der Waals surface area (Å²) in [5.41, 5.74) is 6.42. The maximum atomic E-state index is 13.2. The molecule has 0 radical (unpaired) electrons. The van der Waals surface area contributed by atoms with E-state index in [9.17, 15) is 4.39 Å². The predicted molar refractivity (Wildman–Crippen MR) is 69.6 cm³/mol. The van der Waals surface area contributed by atoms with Gasteiger partial charge >= 0.3 is 0 Å². The number of hydrogen-bond donors (Lipinski definition) is 1. The van der Waals surface area contributed by atoms with Crippen LogP contribution >= 0.6 is 0 Å². The number of ether oxygens (including phenoxy) is 1.